The Balaban J connectivity index is 2.03. The number of aryl methyl sites for hydroxylation is 1. The molecule has 0 fully saturated rings. The Hall–Kier alpha value is -2.88. The number of aromatic hydroxyl groups is 1. The maximum Gasteiger partial charge on any atom is 0.299 e. The lowest BCUT2D eigenvalue weighted by molar-refractivity contribution is -0.384. The van der Waals surface area contributed by atoms with Crippen LogP contribution in [0, 0.1) is 17.0 Å². The third-order valence-electron chi connectivity index (χ3n) is 3.67. The monoisotopic (exact) mass is 441 g/mol. The largest absolute Gasteiger partial charge is 0.505 e. The van der Waals surface area contributed by atoms with E-state index in [2.05, 4.69) is 15.3 Å². The number of nitro groups is 1. The molecule has 28 heavy (non-hydrogen) atoms. The van der Waals surface area contributed by atoms with Crippen molar-refractivity contribution in [3.63, 3.8) is 0 Å². The molecule has 0 atom stereocenters. The number of azo groups is 1. The maximum absolute atomic E-state index is 12.7. The van der Waals surface area contributed by atoms with E-state index in [1.807, 2.05) is 0 Å². The summed E-state index contributed by atoms with van der Waals surface area (Å²) < 4.78 is 1.10. The van der Waals surface area contributed by atoms with Gasteiger partial charge in [0.05, 0.1) is 26.7 Å². The SMILES string of the molecule is Cc1[nH]n(-c2c(Cl)cc(Cl)cc2Cl)c(=O)c1N=Nc1ccc([N+](=O)[O-])cc1O. The van der Waals surface area contributed by atoms with Gasteiger partial charge >= 0.3 is 0 Å². The Bertz CT molecular complexity index is 1160. The van der Waals surface area contributed by atoms with Crippen molar-refractivity contribution in [2.45, 2.75) is 6.92 Å². The molecule has 0 saturated heterocycles. The first kappa shape index (κ1) is 19.9. The van der Waals surface area contributed by atoms with Gasteiger partial charge in [0.2, 0.25) is 0 Å². The molecule has 0 spiro atoms. The van der Waals surface area contributed by atoms with Crippen LogP contribution >= 0.6 is 34.8 Å². The van der Waals surface area contributed by atoms with Crippen molar-refractivity contribution in [1.82, 2.24) is 9.78 Å². The average Bonchev–Trinajstić information content (AvgIpc) is 2.87. The Labute approximate surface area is 171 Å². The van der Waals surface area contributed by atoms with Crippen molar-refractivity contribution in [1.29, 1.82) is 0 Å². The van der Waals surface area contributed by atoms with Crippen molar-refractivity contribution >= 4 is 51.9 Å². The van der Waals surface area contributed by atoms with E-state index < -0.39 is 16.2 Å². The number of nitrogens with zero attached hydrogens (tertiary/aromatic N) is 4. The van der Waals surface area contributed by atoms with Crippen LogP contribution in [0.4, 0.5) is 17.1 Å². The first-order valence-corrected chi connectivity index (χ1v) is 8.68. The van der Waals surface area contributed by atoms with Gasteiger partial charge in [0.15, 0.2) is 5.69 Å². The molecule has 3 rings (SSSR count). The van der Waals surface area contributed by atoms with Gasteiger partial charge in [0.25, 0.3) is 11.2 Å². The number of phenolic OH excluding ortho intramolecular Hbond substituents is 1. The summed E-state index contributed by atoms with van der Waals surface area (Å²) >= 11 is 18.2. The number of non-ortho nitro benzene ring substituents is 1. The van der Waals surface area contributed by atoms with E-state index >= 15 is 0 Å². The molecular weight excluding hydrogens is 433 g/mol. The van der Waals surface area contributed by atoms with Gasteiger partial charge in [-0.1, -0.05) is 34.8 Å². The van der Waals surface area contributed by atoms with Gasteiger partial charge in [-0.2, -0.15) is 0 Å². The summed E-state index contributed by atoms with van der Waals surface area (Å²) in [6, 6.07) is 6.17. The van der Waals surface area contributed by atoms with Crippen molar-refractivity contribution in [3.05, 3.63) is 71.6 Å². The molecule has 1 heterocycles. The zero-order chi connectivity index (χ0) is 20.6. The molecule has 0 radical (unpaired) electrons. The molecule has 12 heteroatoms. The summed E-state index contributed by atoms with van der Waals surface area (Å²) in [6.07, 6.45) is 0. The quantitative estimate of drug-likeness (QED) is 0.316. The Morgan fingerprint density at radius 1 is 1.14 bits per heavy atom. The van der Waals surface area contributed by atoms with Crippen LogP contribution in [-0.4, -0.2) is 19.8 Å². The Kier molecular flexibility index (Phi) is 5.41. The van der Waals surface area contributed by atoms with Gasteiger partial charge in [-0.25, -0.2) is 4.68 Å². The van der Waals surface area contributed by atoms with Crippen molar-refractivity contribution in [2.24, 2.45) is 10.2 Å². The Morgan fingerprint density at radius 3 is 2.36 bits per heavy atom. The highest BCUT2D eigenvalue weighted by Crippen LogP contribution is 2.33. The van der Waals surface area contributed by atoms with Crippen LogP contribution in [0.5, 0.6) is 5.75 Å². The topological polar surface area (TPSA) is 126 Å². The second-order valence-electron chi connectivity index (χ2n) is 5.57. The fraction of sp³-hybridized carbons (Fsp3) is 0.0625. The number of benzene rings is 2. The van der Waals surface area contributed by atoms with Gasteiger partial charge < -0.3 is 5.11 Å². The molecular formula is C16H10Cl3N5O4. The second-order valence-corrected chi connectivity index (χ2v) is 6.82. The van der Waals surface area contributed by atoms with Crippen LogP contribution in [-0.2, 0) is 0 Å². The van der Waals surface area contributed by atoms with E-state index in [9.17, 15) is 20.0 Å². The van der Waals surface area contributed by atoms with Crippen molar-refractivity contribution in [2.75, 3.05) is 0 Å². The van der Waals surface area contributed by atoms with E-state index in [1.54, 1.807) is 6.92 Å². The number of aromatic nitrogens is 2. The summed E-state index contributed by atoms with van der Waals surface area (Å²) in [5.74, 6) is -0.449. The molecule has 9 nitrogen and oxygen atoms in total. The average molecular weight is 443 g/mol. The van der Waals surface area contributed by atoms with E-state index in [-0.39, 0.29) is 32.8 Å². The van der Waals surface area contributed by atoms with E-state index in [1.165, 1.54) is 18.2 Å². The number of H-pyrrole nitrogens is 1. The fourth-order valence-corrected chi connectivity index (χ4v) is 3.36. The molecule has 0 aliphatic heterocycles. The molecule has 144 valence electrons. The lowest BCUT2D eigenvalue weighted by Crippen LogP contribution is -2.15. The van der Waals surface area contributed by atoms with Crippen molar-refractivity contribution in [3.8, 4) is 11.4 Å². The van der Waals surface area contributed by atoms with Crippen LogP contribution in [0.2, 0.25) is 15.1 Å². The van der Waals surface area contributed by atoms with Gasteiger partial charge in [0.1, 0.15) is 17.1 Å². The van der Waals surface area contributed by atoms with E-state index in [0.717, 1.165) is 16.8 Å². The number of halogens is 3. The minimum Gasteiger partial charge on any atom is -0.505 e. The molecule has 0 aliphatic rings. The number of phenols is 1. The zero-order valence-electron chi connectivity index (χ0n) is 14.0. The minimum atomic E-state index is -0.658. The number of hydrogen-bond donors (Lipinski definition) is 2. The first-order valence-electron chi connectivity index (χ1n) is 7.54. The predicted molar refractivity (Wildman–Crippen MR) is 105 cm³/mol. The number of nitro benzene ring substituents is 1. The van der Waals surface area contributed by atoms with E-state index in [4.69, 9.17) is 34.8 Å². The van der Waals surface area contributed by atoms with Crippen LogP contribution in [0.1, 0.15) is 5.69 Å². The number of rotatable bonds is 4. The summed E-state index contributed by atoms with van der Waals surface area (Å²) in [5, 5.41) is 31.6. The molecule has 2 aromatic carbocycles. The molecule has 0 aliphatic carbocycles. The molecule has 0 bridgehead atoms. The van der Waals surface area contributed by atoms with Crippen LogP contribution in [0.3, 0.4) is 0 Å². The standard InChI is InChI=1S/C16H10Cl3N5O4/c1-7-14(21-20-12-3-2-9(24(27)28)6-13(12)25)16(26)23(22-7)15-10(18)4-8(17)5-11(15)19/h2-6,22,25H,1H3. The fourth-order valence-electron chi connectivity index (χ4n) is 2.37. The smallest absolute Gasteiger partial charge is 0.299 e. The summed E-state index contributed by atoms with van der Waals surface area (Å²) in [4.78, 5) is 22.8. The molecule has 3 aromatic rings. The lowest BCUT2D eigenvalue weighted by atomic mass is 10.2. The molecule has 1 aromatic heterocycles. The van der Waals surface area contributed by atoms with Gasteiger partial charge in [-0.15, -0.1) is 10.2 Å². The number of aromatic amines is 1. The van der Waals surface area contributed by atoms with Gasteiger partial charge in [0, 0.05) is 11.1 Å². The van der Waals surface area contributed by atoms with Crippen LogP contribution < -0.4 is 5.56 Å². The molecule has 0 saturated carbocycles. The normalized spacial score (nSPS) is 11.3. The third-order valence-corrected chi connectivity index (χ3v) is 4.47. The van der Waals surface area contributed by atoms with Crippen molar-refractivity contribution < 1.29 is 10.0 Å². The van der Waals surface area contributed by atoms with E-state index in [0.29, 0.717) is 10.7 Å². The summed E-state index contributed by atoms with van der Waals surface area (Å²) in [7, 11) is 0. The third kappa shape index (κ3) is 3.72. The second kappa shape index (κ2) is 7.63. The maximum atomic E-state index is 12.7. The van der Waals surface area contributed by atoms with Gasteiger partial charge in [-0.05, 0) is 25.1 Å². The number of hydrogen-bond acceptors (Lipinski definition) is 6. The number of nitrogens with one attached hydrogen (secondary N) is 1. The summed E-state index contributed by atoms with van der Waals surface area (Å²) in [5.41, 5.74) is -0.435. The first-order chi connectivity index (χ1) is 13.2. The molecule has 2 N–H and O–H groups in total. The van der Waals surface area contributed by atoms with Crippen LogP contribution in [0.15, 0.2) is 45.4 Å². The Morgan fingerprint density at radius 2 is 1.79 bits per heavy atom. The zero-order valence-corrected chi connectivity index (χ0v) is 16.2. The highest BCUT2D eigenvalue weighted by Gasteiger charge is 2.18. The molecule has 0 amide bonds. The van der Waals surface area contributed by atoms with Gasteiger partial charge in [-0.3, -0.25) is 20.0 Å². The predicted octanol–water partition coefficient (Wildman–Crippen LogP) is 5.46. The highest BCUT2D eigenvalue weighted by molar-refractivity contribution is 6.40. The lowest BCUT2D eigenvalue weighted by Gasteiger charge is -2.07. The minimum absolute atomic E-state index is 0.0419. The molecule has 0 unspecified atom stereocenters. The summed E-state index contributed by atoms with van der Waals surface area (Å²) in [6.45, 7) is 1.58. The highest BCUT2D eigenvalue weighted by atomic mass is 35.5. The van der Waals surface area contributed by atoms with Crippen LogP contribution in [0.25, 0.3) is 5.69 Å².